The van der Waals surface area contributed by atoms with Gasteiger partial charge in [0.25, 0.3) is 0 Å². The monoisotopic (exact) mass is 483 g/mol. The lowest BCUT2D eigenvalue weighted by atomic mass is 9.31. The Labute approximate surface area is 190 Å². The maximum Gasteiger partial charge on any atom is 0.244 e. The fraction of sp³-hybridized carbons (Fsp3) is 0.619. The maximum absolute atomic E-state index is 13.2. The summed E-state index contributed by atoms with van der Waals surface area (Å²) in [5.74, 6) is 0.517. The van der Waals surface area contributed by atoms with Gasteiger partial charge in [-0.3, -0.25) is 9.59 Å². The van der Waals surface area contributed by atoms with Crippen molar-refractivity contribution in [1.29, 1.82) is 0 Å². The molecular formula is C21H23Cl2N3O4S. The standard InChI is InChI=1S/C21H23Cl2N3O4S/c22-13-2-1-3-14(23)16(13)31(29,30)26-20(4-5-20)18(28)25-15-10-7-19(17(24)27)9-11-6-12(15)21(11,19)8-10/h1-3,10-12,15,26H,4-9H2,(H2,24,27)(H,25,28). The quantitative estimate of drug-likeness (QED) is 0.574. The topological polar surface area (TPSA) is 118 Å². The first kappa shape index (κ1) is 20.3. The molecule has 1 aromatic carbocycles. The number of carbonyl (C=O) groups is 2. The fourth-order valence-electron chi connectivity index (χ4n) is 7.64. The number of fused-ring (bicyclic) bond motifs is 1. The van der Waals surface area contributed by atoms with Crippen LogP contribution in [0.1, 0.15) is 38.5 Å². The molecule has 5 saturated carbocycles. The van der Waals surface area contributed by atoms with E-state index in [1.807, 2.05) is 0 Å². The summed E-state index contributed by atoms with van der Waals surface area (Å²) in [7, 11) is -4.08. The molecular weight excluding hydrogens is 461 g/mol. The molecule has 6 rings (SSSR count). The number of primary amides is 1. The van der Waals surface area contributed by atoms with Crippen LogP contribution in [-0.2, 0) is 19.6 Å². The molecule has 0 radical (unpaired) electrons. The van der Waals surface area contributed by atoms with Crippen LogP contribution in [-0.4, -0.2) is 31.8 Å². The lowest BCUT2D eigenvalue weighted by Crippen LogP contribution is -2.74. The van der Waals surface area contributed by atoms with Crippen LogP contribution in [0, 0.1) is 28.6 Å². The molecule has 5 aliphatic rings. The summed E-state index contributed by atoms with van der Waals surface area (Å²) >= 11 is 12.2. The molecule has 1 aromatic rings. The molecule has 6 atom stereocenters. The second kappa shape index (κ2) is 5.95. The summed E-state index contributed by atoms with van der Waals surface area (Å²) in [6, 6.07) is 4.44. The molecule has 6 unspecified atom stereocenters. The number of hydrogen-bond donors (Lipinski definition) is 3. The van der Waals surface area contributed by atoms with Crippen LogP contribution in [0.4, 0.5) is 0 Å². The molecule has 0 aliphatic heterocycles. The van der Waals surface area contributed by atoms with Crippen molar-refractivity contribution >= 4 is 45.0 Å². The van der Waals surface area contributed by atoms with Gasteiger partial charge in [-0.05, 0) is 73.8 Å². The number of hydrogen-bond acceptors (Lipinski definition) is 4. The van der Waals surface area contributed by atoms with Crippen LogP contribution in [0.2, 0.25) is 10.0 Å². The van der Waals surface area contributed by atoms with Crippen molar-refractivity contribution in [1.82, 2.24) is 10.0 Å². The molecule has 7 nitrogen and oxygen atoms in total. The summed E-state index contributed by atoms with van der Waals surface area (Å²) in [6.07, 6.45) is 4.39. The largest absolute Gasteiger partial charge is 0.369 e. The summed E-state index contributed by atoms with van der Waals surface area (Å²) in [5.41, 5.74) is 4.19. The molecule has 31 heavy (non-hydrogen) atoms. The van der Waals surface area contributed by atoms with Crippen LogP contribution < -0.4 is 15.8 Å². The summed E-state index contributed by atoms with van der Waals surface area (Å²) in [5, 5.41) is 3.18. The van der Waals surface area contributed by atoms with E-state index in [1.54, 1.807) is 6.07 Å². The van der Waals surface area contributed by atoms with E-state index in [0.29, 0.717) is 18.8 Å². The molecule has 0 saturated heterocycles. The Balaban J connectivity index is 1.21. The van der Waals surface area contributed by atoms with Gasteiger partial charge in [0.1, 0.15) is 10.4 Å². The van der Waals surface area contributed by atoms with Crippen molar-refractivity contribution in [3.63, 3.8) is 0 Å². The van der Waals surface area contributed by atoms with Gasteiger partial charge in [-0.2, -0.15) is 4.72 Å². The normalized spacial score (nSPS) is 40.5. The van der Waals surface area contributed by atoms with Gasteiger partial charge in [-0.25, -0.2) is 8.42 Å². The van der Waals surface area contributed by atoms with Gasteiger partial charge in [0.2, 0.25) is 21.8 Å². The third-order valence-corrected chi connectivity index (χ3v) is 11.5. The van der Waals surface area contributed by atoms with E-state index in [4.69, 9.17) is 28.9 Å². The first-order chi connectivity index (χ1) is 14.6. The van der Waals surface area contributed by atoms with Crippen molar-refractivity contribution in [2.24, 2.45) is 34.3 Å². The van der Waals surface area contributed by atoms with Crippen molar-refractivity contribution in [2.75, 3.05) is 0 Å². The first-order valence-corrected chi connectivity index (χ1v) is 12.9. The second-order valence-corrected chi connectivity index (χ2v) is 12.6. The number of carbonyl (C=O) groups excluding carboxylic acids is 2. The van der Waals surface area contributed by atoms with Crippen LogP contribution in [0.15, 0.2) is 23.1 Å². The average Bonchev–Trinajstić information content (AvgIpc) is 3.27. The zero-order chi connectivity index (χ0) is 22.0. The Morgan fingerprint density at radius 2 is 1.77 bits per heavy atom. The zero-order valence-corrected chi connectivity index (χ0v) is 19.0. The molecule has 0 aromatic heterocycles. The smallest absolute Gasteiger partial charge is 0.244 e. The van der Waals surface area contributed by atoms with Crippen molar-refractivity contribution < 1.29 is 18.0 Å². The lowest BCUT2D eigenvalue weighted by molar-refractivity contribution is -0.240. The van der Waals surface area contributed by atoms with E-state index in [0.717, 1.165) is 25.7 Å². The Bertz CT molecular complexity index is 1130. The number of rotatable bonds is 6. The van der Waals surface area contributed by atoms with Gasteiger partial charge in [0.15, 0.2) is 0 Å². The van der Waals surface area contributed by atoms with E-state index < -0.39 is 15.6 Å². The predicted molar refractivity (Wildman–Crippen MR) is 114 cm³/mol. The average molecular weight is 484 g/mol. The molecule has 1 spiro atoms. The highest BCUT2D eigenvalue weighted by molar-refractivity contribution is 7.89. The Kier molecular flexibility index (Phi) is 3.89. The van der Waals surface area contributed by atoms with Crippen molar-refractivity contribution in [2.45, 2.75) is 55.0 Å². The molecule has 5 aliphatic carbocycles. The minimum Gasteiger partial charge on any atom is -0.369 e. The van der Waals surface area contributed by atoms with E-state index in [1.165, 1.54) is 12.1 Å². The van der Waals surface area contributed by atoms with Crippen LogP contribution in [0.25, 0.3) is 0 Å². The van der Waals surface area contributed by atoms with Gasteiger partial charge in [0, 0.05) is 6.04 Å². The van der Waals surface area contributed by atoms with Gasteiger partial charge in [0.05, 0.1) is 15.5 Å². The number of nitrogens with two attached hydrogens (primary N) is 1. The number of nitrogens with one attached hydrogen (secondary N) is 2. The first-order valence-electron chi connectivity index (χ1n) is 10.7. The number of benzene rings is 1. The van der Waals surface area contributed by atoms with Gasteiger partial charge >= 0.3 is 0 Å². The molecule has 2 amide bonds. The molecule has 4 N–H and O–H groups in total. The molecule has 0 heterocycles. The maximum atomic E-state index is 13.2. The molecule has 10 heteroatoms. The van der Waals surface area contributed by atoms with Gasteiger partial charge < -0.3 is 11.1 Å². The minimum absolute atomic E-state index is 0.0108. The SMILES string of the molecule is NC(=O)C12CC3CC14C(CC4C3NC(=O)C1(NS(=O)(=O)c3c(Cl)cccc3Cl)CC1)C2. The highest BCUT2D eigenvalue weighted by Crippen LogP contribution is 2.86. The van der Waals surface area contributed by atoms with Crippen molar-refractivity contribution in [3.05, 3.63) is 28.2 Å². The van der Waals surface area contributed by atoms with E-state index in [2.05, 4.69) is 10.0 Å². The zero-order valence-electron chi connectivity index (χ0n) is 16.7. The number of halogens is 2. The second-order valence-electron chi connectivity index (χ2n) is 10.1. The van der Waals surface area contributed by atoms with E-state index >= 15 is 0 Å². The molecule has 5 fully saturated rings. The molecule has 166 valence electrons. The Hall–Kier alpha value is -1.35. The van der Waals surface area contributed by atoms with Crippen LogP contribution >= 0.6 is 23.2 Å². The highest BCUT2D eigenvalue weighted by atomic mass is 35.5. The van der Waals surface area contributed by atoms with E-state index in [9.17, 15) is 18.0 Å². The Morgan fingerprint density at radius 3 is 2.35 bits per heavy atom. The van der Waals surface area contributed by atoms with Gasteiger partial charge in [-0.15, -0.1) is 0 Å². The Morgan fingerprint density at radius 1 is 1.10 bits per heavy atom. The summed E-state index contributed by atoms with van der Waals surface area (Å²) < 4.78 is 28.5. The van der Waals surface area contributed by atoms with Crippen LogP contribution in [0.5, 0.6) is 0 Å². The number of amides is 2. The van der Waals surface area contributed by atoms with Gasteiger partial charge in [-0.1, -0.05) is 29.3 Å². The highest BCUT2D eigenvalue weighted by Gasteiger charge is 2.85. The van der Waals surface area contributed by atoms with Crippen LogP contribution in [0.3, 0.4) is 0 Å². The fourth-order valence-corrected chi connectivity index (χ4v) is 10.2. The number of sulfonamides is 1. The van der Waals surface area contributed by atoms with E-state index in [-0.39, 0.29) is 55.5 Å². The molecule has 2 bridgehead atoms. The third-order valence-electron chi connectivity index (χ3n) is 9.04. The third kappa shape index (κ3) is 2.32. The predicted octanol–water partition coefficient (Wildman–Crippen LogP) is 2.21. The summed E-state index contributed by atoms with van der Waals surface area (Å²) in [6.45, 7) is 0. The minimum atomic E-state index is -4.08. The summed E-state index contributed by atoms with van der Waals surface area (Å²) in [4.78, 5) is 25.2. The lowest BCUT2D eigenvalue weighted by Gasteiger charge is -2.72. The van der Waals surface area contributed by atoms with Crippen molar-refractivity contribution in [3.8, 4) is 0 Å².